The van der Waals surface area contributed by atoms with Gasteiger partial charge in [-0.15, -0.1) is 0 Å². The van der Waals surface area contributed by atoms with Crippen LogP contribution in [0.5, 0.6) is 0 Å². The van der Waals surface area contributed by atoms with Crippen LogP contribution in [0.25, 0.3) is 6.08 Å². The fraction of sp³-hybridized carbons (Fsp3) is 0.417. The van der Waals surface area contributed by atoms with Crippen LogP contribution in [0, 0.1) is 0 Å². The summed E-state index contributed by atoms with van der Waals surface area (Å²) in [6, 6.07) is 2.00. The number of unbranched alkanes of at least 4 members (excludes halogenated alkanes) is 1. The Labute approximate surface area is 95.2 Å². The normalized spacial score (nSPS) is 10.8. The summed E-state index contributed by atoms with van der Waals surface area (Å²) in [6.45, 7) is 2.96. The van der Waals surface area contributed by atoms with Gasteiger partial charge in [0, 0.05) is 19.7 Å². The van der Waals surface area contributed by atoms with Gasteiger partial charge < -0.3 is 4.90 Å². The second-order valence-corrected chi connectivity index (χ2v) is 4.28. The lowest BCUT2D eigenvalue weighted by atomic mass is 10.3. The molecule has 2 nitrogen and oxygen atoms in total. The fourth-order valence-electron chi connectivity index (χ4n) is 1.17. The number of rotatable bonds is 5. The Hall–Kier alpha value is -1.09. The number of carbonyl (C=O) groups is 1. The van der Waals surface area contributed by atoms with Crippen LogP contribution in [0.3, 0.4) is 0 Å². The van der Waals surface area contributed by atoms with Gasteiger partial charge in [-0.1, -0.05) is 13.3 Å². The molecule has 0 aliphatic heterocycles. The molecule has 82 valence electrons. The minimum absolute atomic E-state index is 0.0784. The quantitative estimate of drug-likeness (QED) is 0.703. The van der Waals surface area contributed by atoms with E-state index in [9.17, 15) is 4.79 Å². The van der Waals surface area contributed by atoms with E-state index in [-0.39, 0.29) is 5.91 Å². The zero-order chi connectivity index (χ0) is 11.1. The zero-order valence-electron chi connectivity index (χ0n) is 9.27. The molecule has 0 spiro atoms. The summed E-state index contributed by atoms with van der Waals surface area (Å²) in [6.07, 6.45) is 5.68. The molecule has 0 saturated carbocycles. The Kier molecular flexibility index (Phi) is 5.12. The molecule has 3 heteroatoms. The first-order valence-corrected chi connectivity index (χ1v) is 6.13. The molecule has 0 radical (unpaired) electrons. The predicted molar refractivity (Wildman–Crippen MR) is 65.9 cm³/mol. The maximum atomic E-state index is 11.6. The van der Waals surface area contributed by atoms with Crippen molar-refractivity contribution in [1.29, 1.82) is 0 Å². The van der Waals surface area contributed by atoms with Gasteiger partial charge in [-0.2, -0.15) is 11.3 Å². The van der Waals surface area contributed by atoms with Crippen molar-refractivity contribution in [3.63, 3.8) is 0 Å². The van der Waals surface area contributed by atoms with Crippen LogP contribution in [0.4, 0.5) is 0 Å². The van der Waals surface area contributed by atoms with Crippen molar-refractivity contribution in [1.82, 2.24) is 4.90 Å². The van der Waals surface area contributed by atoms with Gasteiger partial charge in [0.05, 0.1) is 0 Å². The van der Waals surface area contributed by atoms with Gasteiger partial charge in [-0.05, 0) is 34.9 Å². The number of carbonyl (C=O) groups excluding carboxylic acids is 1. The second kappa shape index (κ2) is 6.40. The first kappa shape index (κ1) is 12.0. The Balaban J connectivity index is 2.41. The van der Waals surface area contributed by atoms with E-state index in [0.717, 1.165) is 24.9 Å². The van der Waals surface area contributed by atoms with Gasteiger partial charge in [0.25, 0.3) is 0 Å². The van der Waals surface area contributed by atoms with Crippen molar-refractivity contribution in [2.75, 3.05) is 13.6 Å². The van der Waals surface area contributed by atoms with Crippen LogP contribution in [0.1, 0.15) is 25.3 Å². The monoisotopic (exact) mass is 223 g/mol. The van der Waals surface area contributed by atoms with Gasteiger partial charge in [0.1, 0.15) is 0 Å². The zero-order valence-corrected chi connectivity index (χ0v) is 10.1. The van der Waals surface area contributed by atoms with Crippen LogP contribution >= 0.6 is 11.3 Å². The molecule has 1 amide bonds. The fourth-order valence-corrected chi connectivity index (χ4v) is 1.80. The molecule has 0 bridgehead atoms. The molecular weight excluding hydrogens is 206 g/mol. The number of hydrogen-bond acceptors (Lipinski definition) is 2. The summed E-state index contributed by atoms with van der Waals surface area (Å²) in [7, 11) is 1.84. The maximum Gasteiger partial charge on any atom is 0.246 e. The molecule has 0 aliphatic carbocycles. The number of thiophene rings is 1. The highest BCUT2D eigenvalue weighted by atomic mass is 32.1. The minimum Gasteiger partial charge on any atom is -0.342 e. The highest BCUT2D eigenvalue weighted by Crippen LogP contribution is 2.07. The molecule has 1 aromatic rings. The molecule has 1 aromatic heterocycles. The molecule has 0 fully saturated rings. The van der Waals surface area contributed by atoms with Gasteiger partial charge in [0.15, 0.2) is 0 Å². The second-order valence-electron chi connectivity index (χ2n) is 3.50. The van der Waals surface area contributed by atoms with Crippen molar-refractivity contribution in [2.45, 2.75) is 19.8 Å². The number of nitrogens with zero attached hydrogens (tertiary/aromatic N) is 1. The molecule has 0 saturated heterocycles. The van der Waals surface area contributed by atoms with Crippen LogP contribution in [-0.4, -0.2) is 24.4 Å². The number of hydrogen-bond donors (Lipinski definition) is 0. The van der Waals surface area contributed by atoms with E-state index in [0.29, 0.717) is 0 Å². The molecule has 0 N–H and O–H groups in total. The molecule has 1 heterocycles. The Morgan fingerprint density at radius 1 is 1.60 bits per heavy atom. The lowest BCUT2D eigenvalue weighted by molar-refractivity contribution is -0.124. The van der Waals surface area contributed by atoms with E-state index < -0.39 is 0 Å². The predicted octanol–water partition coefficient (Wildman–Crippen LogP) is 3.02. The van der Waals surface area contributed by atoms with Crippen molar-refractivity contribution in [3.8, 4) is 0 Å². The van der Waals surface area contributed by atoms with Crippen molar-refractivity contribution in [3.05, 3.63) is 28.5 Å². The SMILES string of the molecule is CCCCN(C)C(=O)/C=C/c1ccsc1. The molecular formula is C12H17NOS. The summed E-state index contributed by atoms with van der Waals surface area (Å²) in [5.41, 5.74) is 1.09. The van der Waals surface area contributed by atoms with Gasteiger partial charge >= 0.3 is 0 Å². The third-order valence-corrected chi connectivity index (χ3v) is 2.89. The van der Waals surface area contributed by atoms with E-state index in [1.165, 1.54) is 0 Å². The third kappa shape index (κ3) is 4.30. The first-order chi connectivity index (χ1) is 7.24. The van der Waals surface area contributed by atoms with Crippen LogP contribution in [0.2, 0.25) is 0 Å². The smallest absolute Gasteiger partial charge is 0.246 e. The molecule has 0 aromatic carbocycles. The van der Waals surface area contributed by atoms with Crippen molar-refractivity contribution in [2.24, 2.45) is 0 Å². The lowest BCUT2D eigenvalue weighted by Gasteiger charge is -2.13. The maximum absolute atomic E-state index is 11.6. The van der Waals surface area contributed by atoms with E-state index >= 15 is 0 Å². The summed E-state index contributed by atoms with van der Waals surface area (Å²) in [4.78, 5) is 13.3. The highest BCUT2D eigenvalue weighted by molar-refractivity contribution is 7.08. The van der Waals surface area contributed by atoms with Gasteiger partial charge in [0.2, 0.25) is 5.91 Å². The van der Waals surface area contributed by atoms with Crippen LogP contribution in [0.15, 0.2) is 22.9 Å². The molecule has 15 heavy (non-hydrogen) atoms. The van der Waals surface area contributed by atoms with Crippen molar-refractivity contribution >= 4 is 23.3 Å². The van der Waals surface area contributed by atoms with Gasteiger partial charge in [-0.25, -0.2) is 0 Å². The van der Waals surface area contributed by atoms with Gasteiger partial charge in [-0.3, -0.25) is 4.79 Å². The molecule has 0 aliphatic rings. The minimum atomic E-state index is 0.0784. The largest absolute Gasteiger partial charge is 0.342 e. The lowest BCUT2D eigenvalue weighted by Crippen LogP contribution is -2.25. The Bertz CT molecular complexity index is 316. The molecule has 0 atom stereocenters. The average Bonchev–Trinajstić information content (AvgIpc) is 2.75. The average molecular weight is 223 g/mol. The summed E-state index contributed by atoms with van der Waals surface area (Å²) in [5, 5.41) is 4.03. The van der Waals surface area contributed by atoms with E-state index in [1.54, 1.807) is 22.3 Å². The summed E-state index contributed by atoms with van der Waals surface area (Å²) >= 11 is 1.64. The topological polar surface area (TPSA) is 20.3 Å². The van der Waals surface area contributed by atoms with Crippen LogP contribution in [-0.2, 0) is 4.79 Å². The highest BCUT2D eigenvalue weighted by Gasteiger charge is 2.02. The standard InChI is InChI=1S/C12H17NOS/c1-3-4-8-13(2)12(14)6-5-11-7-9-15-10-11/h5-7,9-10H,3-4,8H2,1-2H3/b6-5+. The third-order valence-electron chi connectivity index (χ3n) is 2.18. The van der Waals surface area contributed by atoms with Crippen LogP contribution < -0.4 is 0 Å². The molecule has 0 unspecified atom stereocenters. The van der Waals surface area contributed by atoms with E-state index in [4.69, 9.17) is 0 Å². The van der Waals surface area contributed by atoms with E-state index in [2.05, 4.69) is 6.92 Å². The molecule has 1 rings (SSSR count). The van der Waals surface area contributed by atoms with Crippen molar-refractivity contribution < 1.29 is 4.79 Å². The summed E-state index contributed by atoms with van der Waals surface area (Å²) < 4.78 is 0. The Morgan fingerprint density at radius 3 is 3.00 bits per heavy atom. The number of likely N-dealkylation sites (N-methyl/N-ethyl adjacent to an activating group) is 1. The van der Waals surface area contributed by atoms with E-state index in [1.807, 2.05) is 30.0 Å². The summed E-state index contributed by atoms with van der Waals surface area (Å²) in [5.74, 6) is 0.0784. The number of amides is 1. The Morgan fingerprint density at radius 2 is 2.40 bits per heavy atom. The first-order valence-electron chi connectivity index (χ1n) is 5.19.